The first-order valence-electron chi connectivity index (χ1n) is 9.91. The molecule has 2 aromatic heterocycles. The zero-order valence-corrected chi connectivity index (χ0v) is 17.3. The molecule has 2 heterocycles. The Hall–Kier alpha value is -4.01. The molecule has 1 atom stereocenters. The lowest BCUT2D eigenvalue weighted by atomic mass is 10.0. The summed E-state index contributed by atoms with van der Waals surface area (Å²) in [6, 6.07) is 11.1. The summed E-state index contributed by atoms with van der Waals surface area (Å²) in [5, 5.41) is 5.52. The average Bonchev–Trinajstić information content (AvgIpc) is 3.41. The molecule has 0 saturated carbocycles. The minimum atomic E-state index is -1.01. The Labute approximate surface area is 182 Å². The summed E-state index contributed by atoms with van der Waals surface area (Å²) >= 11 is 0. The van der Waals surface area contributed by atoms with E-state index in [1.807, 2.05) is 13.8 Å². The molecule has 164 valence electrons. The highest BCUT2D eigenvalue weighted by Gasteiger charge is 2.26. The second-order valence-corrected chi connectivity index (χ2v) is 7.59. The first-order chi connectivity index (χ1) is 15.3. The summed E-state index contributed by atoms with van der Waals surface area (Å²) in [7, 11) is 0. The standard InChI is InChI=1S/C23H20F2N4O3/c1-13(2)21(29-12-26-18-10-16(24)17(25)11-19(18)29)23(31)28-15-7-5-14(6-8-15)27-22(30)20-4-3-9-32-20/h3-13,21H,1-2H3,(H,27,30)(H,28,31). The van der Waals surface area contributed by atoms with Gasteiger partial charge < -0.3 is 19.6 Å². The van der Waals surface area contributed by atoms with E-state index in [0.29, 0.717) is 16.9 Å². The van der Waals surface area contributed by atoms with Crippen LogP contribution in [0.4, 0.5) is 20.2 Å². The van der Waals surface area contributed by atoms with Crippen LogP contribution in [0.2, 0.25) is 0 Å². The fourth-order valence-electron chi connectivity index (χ4n) is 3.45. The lowest BCUT2D eigenvalue weighted by Gasteiger charge is -2.22. The van der Waals surface area contributed by atoms with Crippen LogP contribution in [0.25, 0.3) is 11.0 Å². The van der Waals surface area contributed by atoms with E-state index in [-0.39, 0.29) is 29.0 Å². The molecule has 4 aromatic rings. The molecule has 0 saturated heterocycles. The lowest BCUT2D eigenvalue weighted by Crippen LogP contribution is -2.29. The van der Waals surface area contributed by atoms with Gasteiger partial charge >= 0.3 is 0 Å². The number of benzene rings is 2. The molecule has 9 heteroatoms. The maximum absolute atomic E-state index is 13.8. The number of halogens is 2. The van der Waals surface area contributed by atoms with Gasteiger partial charge in [0.25, 0.3) is 5.91 Å². The van der Waals surface area contributed by atoms with Crippen LogP contribution in [-0.4, -0.2) is 21.4 Å². The third-order valence-electron chi connectivity index (χ3n) is 4.97. The first kappa shape index (κ1) is 21.2. The third kappa shape index (κ3) is 4.22. The fourth-order valence-corrected chi connectivity index (χ4v) is 3.45. The molecule has 2 amide bonds. The lowest BCUT2D eigenvalue weighted by molar-refractivity contribution is -0.120. The molecule has 0 radical (unpaired) electrons. The van der Waals surface area contributed by atoms with Crippen molar-refractivity contribution in [2.24, 2.45) is 5.92 Å². The van der Waals surface area contributed by atoms with Crippen molar-refractivity contribution in [1.82, 2.24) is 9.55 Å². The number of hydrogen-bond acceptors (Lipinski definition) is 4. The van der Waals surface area contributed by atoms with Gasteiger partial charge in [-0.3, -0.25) is 9.59 Å². The third-order valence-corrected chi connectivity index (χ3v) is 4.97. The molecule has 1 unspecified atom stereocenters. The molecule has 7 nitrogen and oxygen atoms in total. The number of furan rings is 1. The quantitative estimate of drug-likeness (QED) is 0.444. The molecule has 32 heavy (non-hydrogen) atoms. The van der Waals surface area contributed by atoms with Crippen LogP contribution in [0.3, 0.4) is 0 Å². The summed E-state index contributed by atoms with van der Waals surface area (Å²) in [5.74, 6) is -2.70. The van der Waals surface area contributed by atoms with Crippen LogP contribution in [0.15, 0.2) is 65.5 Å². The minimum absolute atomic E-state index is 0.160. The normalized spacial score (nSPS) is 12.2. The van der Waals surface area contributed by atoms with E-state index in [2.05, 4.69) is 15.6 Å². The SMILES string of the molecule is CC(C)C(C(=O)Nc1ccc(NC(=O)c2ccco2)cc1)n1cnc2cc(F)c(F)cc21. The predicted octanol–water partition coefficient (Wildman–Crippen LogP) is 5.00. The van der Waals surface area contributed by atoms with Crippen LogP contribution in [0.5, 0.6) is 0 Å². The van der Waals surface area contributed by atoms with Gasteiger partial charge in [-0.05, 0) is 42.3 Å². The van der Waals surface area contributed by atoms with E-state index < -0.39 is 17.7 Å². The van der Waals surface area contributed by atoms with Gasteiger partial charge in [-0.2, -0.15) is 0 Å². The van der Waals surface area contributed by atoms with Crippen molar-refractivity contribution in [1.29, 1.82) is 0 Å². The maximum atomic E-state index is 13.8. The number of aromatic nitrogens is 2. The van der Waals surface area contributed by atoms with Gasteiger partial charge in [-0.25, -0.2) is 13.8 Å². The van der Waals surface area contributed by atoms with Crippen molar-refractivity contribution in [2.75, 3.05) is 10.6 Å². The maximum Gasteiger partial charge on any atom is 0.291 e. The number of amides is 2. The van der Waals surface area contributed by atoms with Gasteiger partial charge in [0, 0.05) is 23.5 Å². The molecule has 2 aromatic carbocycles. The van der Waals surface area contributed by atoms with Crippen LogP contribution in [0.1, 0.15) is 30.4 Å². The largest absolute Gasteiger partial charge is 0.459 e. The Balaban J connectivity index is 1.51. The minimum Gasteiger partial charge on any atom is -0.459 e. The molecular formula is C23H20F2N4O3. The zero-order valence-electron chi connectivity index (χ0n) is 17.3. The number of carbonyl (C=O) groups is 2. The second-order valence-electron chi connectivity index (χ2n) is 7.59. The first-order valence-corrected chi connectivity index (χ1v) is 9.91. The molecule has 0 spiro atoms. The van der Waals surface area contributed by atoms with Gasteiger partial charge in [-0.1, -0.05) is 13.8 Å². The summed E-state index contributed by atoms with van der Waals surface area (Å²) in [5.41, 5.74) is 1.63. The van der Waals surface area contributed by atoms with E-state index in [1.165, 1.54) is 17.2 Å². The highest BCUT2D eigenvalue weighted by molar-refractivity contribution is 6.02. The average molecular weight is 438 g/mol. The Morgan fingerprint density at radius 3 is 2.28 bits per heavy atom. The monoisotopic (exact) mass is 438 g/mol. The number of nitrogens with one attached hydrogen (secondary N) is 2. The summed E-state index contributed by atoms with van der Waals surface area (Å²) in [4.78, 5) is 29.2. The van der Waals surface area contributed by atoms with Crippen molar-refractivity contribution >= 4 is 34.2 Å². The van der Waals surface area contributed by atoms with E-state index in [4.69, 9.17) is 4.42 Å². The van der Waals surface area contributed by atoms with Crippen molar-refractivity contribution in [3.8, 4) is 0 Å². The van der Waals surface area contributed by atoms with Crippen molar-refractivity contribution in [3.05, 3.63) is 78.5 Å². The van der Waals surface area contributed by atoms with Crippen molar-refractivity contribution < 1.29 is 22.8 Å². The second kappa shape index (κ2) is 8.62. The van der Waals surface area contributed by atoms with Crippen molar-refractivity contribution in [3.63, 3.8) is 0 Å². The Morgan fingerprint density at radius 2 is 1.66 bits per heavy atom. The topological polar surface area (TPSA) is 89.2 Å². The van der Waals surface area contributed by atoms with Gasteiger partial charge in [0.15, 0.2) is 17.4 Å². The van der Waals surface area contributed by atoms with E-state index in [0.717, 1.165) is 12.1 Å². The molecular weight excluding hydrogens is 418 g/mol. The van der Waals surface area contributed by atoms with Gasteiger partial charge in [0.2, 0.25) is 5.91 Å². The molecule has 0 fully saturated rings. The highest BCUT2D eigenvalue weighted by Crippen LogP contribution is 2.27. The molecule has 0 aliphatic carbocycles. The van der Waals surface area contributed by atoms with Crippen LogP contribution in [0, 0.1) is 17.6 Å². The van der Waals surface area contributed by atoms with Gasteiger partial charge in [0.1, 0.15) is 6.04 Å². The van der Waals surface area contributed by atoms with E-state index in [1.54, 1.807) is 36.4 Å². The number of carbonyl (C=O) groups excluding carboxylic acids is 2. The van der Waals surface area contributed by atoms with Gasteiger partial charge in [-0.15, -0.1) is 0 Å². The number of anilines is 2. The molecule has 0 aliphatic heterocycles. The number of hydrogen-bond donors (Lipinski definition) is 2. The predicted molar refractivity (Wildman–Crippen MR) is 115 cm³/mol. The summed E-state index contributed by atoms with van der Waals surface area (Å²) in [6.07, 6.45) is 2.81. The van der Waals surface area contributed by atoms with Crippen molar-refractivity contribution in [2.45, 2.75) is 19.9 Å². The Morgan fingerprint density at radius 1 is 1.00 bits per heavy atom. The van der Waals surface area contributed by atoms with Crippen LogP contribution < -0.4 is 10.6 Å². The Kier molecular flexibility index (Phi) is 5.72. The zero-order chi connectivity index (χ0) is 22.8. The highest BCUT2D eigenvalue weighted by atomic mass is 19.2. The van der Waals surface area contributed by atoms with Crippen LogP contribution in [-0.2, 0) is 4.79 Å². The molecule has 0 aliphatic rings. The Bertz CT molecular complexity index is 1260. The van der Waals surface area contributed by atoms with Crippen LogP contribution >= 0.6 is 0 Å². The number of fused-ring (bicyclic) bond motifs is 1. The molecule has 2 N–H and O–H groups in total. The number of rotatable bonds is 6. The number of imidazole rings is 1. The van der Waals surface area contributed by atoms with E-state index >= 15 is 0 Å². The number of nitrogens with zero attached hydrogens (tertiary/aromatic N) is 2. The fraction of sp³-hybridized carbons (Fsp3) is 0.174. The smallest absolute Gasteiger partial charge is 0.291 e. The molecule has 4 rings (SSSR count). The summed E-state index contributed by atoms with van der Waals surface area (Å²) < 4.78 is 33.9. The molecule has 0 bridgehead atoms. The van der Waals surface area contributed by atoms with Gasteiger partial charge in [0.05, 0.1) is 23.6 Å². The summed E-state index contributed by atoms with van der Waals surface area (Å²) in [6.45, 7) is 3.70. The van der Waals surface area contributed by atoms with E-state index in [9.17, 15) is 18.4 Å².